The molecule has 2 rings (SSSR count). The van der Waals surface area contributed by atoms with Crippen LogP contribution in [0.3, 0.4) is 0 Å². The van der Waals surface area contributed by atoms with Gasteiger partial charge in [-0.25, -0.2) is 4.79 Å². The lowest BCUT2D eigenvalue weighted by Crippen LogP contribution is -2.27. The molecule has 2 aromatic rings. The lowest BCUT2D eigenvalue weighted by atomic mass is 10.1. The Hall–Kier alpha value is -3.54. The highest BCUT2D eigenvalue weighted by Crippen LogP contribution is 2.12. The Morgan fingerprint density at radius 1 is 0.759 bits per heavy atom. The molecule has 0 aromatic heterocycles. The van der Waals surface area contributed by atoms with E-state index in [1.165, 1.54) is 13.8 Å². The maximum Gasteiger partial charge on any atom is 0.334 e. The Balaban J connectivity index is 1.85. The molecule has 0 saturated carbocycles. The fraction of sp³-hybridized carbons (Fsp3) is 0.217. The smallest absolute Gasteiger partial charge is 0.334 e. The number of rotatable bonds is 9. The summed E-state index contributed by atoms with van der Waals surface area (Å²) in [4.78, 5) is 48.6. The van der Waals surface area contributed by atoms with Crippen molar-refractivity contribution < 1.29 is 28.7 Å². The van der Waals surface area contributed by atoms with Crippen molar-refractivity contribution in [2.75, 3.05) is 0 Å². The first-order valence-electron chi connectivity index (χ1n) is 9.06. The molecule has 0 spiro atoms. The van der Waals surface area contributed by atoms with Gasteiger partial charge < -0.3 is 9.47 Å². The quantitative estimate of drug-likeness (QED) is 0.367. The van der Waals surface area contributed by atoms with Crippen LogP contribution in [-0.2, 0) is 19.1 Å². The van der Waals surface area contributed by atoms with Gasteiger partial charge in [0.1, 0.15) is 0 Å². The van der Waals surface area contributed by atoms with Crippen LogP contribution >= 0.6 is 0 Å². The van der Waals surface area contributed by atoms with Gasteiger partial charge in [0.25, 0.3) is 0 Å². The van der Waals surface area contributed by atoms with Crippen LogP contribution < -0.4 is 0 Å². The standard InChI is InChI=1S/C23H22O6/c1-15(23(27)29-17(3)22(26)19-12-8-5-9-13-19)14-20(24)28-16(2)21(25)18-10-6-4-7-11-18/h4-13,16-17H,1,14H2,2-3H3. The molecule has 0 aliphatic carbocycles. The Labute approximate surface area is 169 Å². The molecule has 0 bridgehead atoms. The molecular formula is C23H22O6. The minimum atomic E-state index is -1.03. The van der Waals surface area contributed by atoms with Crippen LogP contribution in [0.4, 0.5) is 0 Å². The monoisotopic (exact) mass is 394 g/mol. The third-order valence-electron chi connectivity index (χ3n) is 4.09. The van der Waals surface area contributed by atoms with Crippen molar-refractivity contribution in [3.8, 4) is 0 Å². The first kappa shape index (κ1) is 21.8. The van der Waals surface area contributed by atoms with E-state index in [9.17, 15) is 19.2 Å². The second kappa shape index (κ2) is 10.1. The SMILES string of the molecule is C=C(CC(=O)OC(C)C(=O)c1ccccc1)C(=O)OC(C)C(=O)c1ccccc1. The molecule has 2 unspecified atom stereocenters. The predicted molar refractivity (Wildman–Crippen MR) is 106 cm³/mol. The first-order valence-corrected chi connectivity index (χ1v) is 9.06. The van der Waals surface area contributed by atoms with Crippen molar-refractivity contribution in [2.24, 2.45) is 0 Å². The highest BCUT2D eigenvalue weighted by atomic mass is 16.6. The van der Waals surface area contributed by atoms with Crippen LogP contribution in [0.5, 0.6) is 0 Å². The van der Waals surface area contributed by atoms with Gasteiger partial charge in [-0.05, 0) is 13.8 Å². The fourth-order valence-corrected chi connectivity index (χ4v) is 2.51. The molecule has 0 amide bonds. The lowest BCUT2D eigenvalue weighted by molar-refractivity contribution is -0.148. The summed E-state index contributed by atoms with van der Waals surface area (Å²) in [6.45, 7) is 6.42. The van der Waals surface area contributed by atoms with Gasteiger partial charge in [-0.3, -0.25) is 14.4 Å². The first-order chi connectivity index (χ1) is 13.8. The Kier molecular flexibility index (Phi) is 7.60. The molecule has 6 heteroatoms. The van der Waals surface area contributed by atoms with E-state index in [-0.39, 0.29) is 17.1 Å². The summed E-state index contributed by atoms with van der Waals surface area (Å²) in [5.74, 6) is -2.38. The van der Waals surface area contributed by atoms with Crippen LogP contribution in [0.1, 0.15) is 41.0 Å². The van der Waals surface area contributed by atoms with Crippen LogP contribution in [0.15, 0.2) is 72.8 Å². The van der Waals surface area contributed by atoms with Gasteiger partial charge in [0.2, 0.25) is 11.6 Å². The van der Waals surface area contributed by atoms with E-state index in [1.807, 2.05) is 0 Å². The van der Waals surface area contributed by atoms with Crippen LogP contribution in [0, 0.1) is 0 Å². The Morgan fingerprint density at radius 2 is 1.17 bits per heavy atom. The number of ketones is 2. The lowest BCUT2D eigenvalue weighted by Gasteiger charge is -2.15. The normalized spacial score (nSPS) is 12.3. The molecule has 0 aliphatic heterocycles. The van der Waals surface area contributed by atoms with Gasteiger partial charge in [-0.15, -0.1) is 0 Å². The molecule has 2 aromatic carbocycles. The highest BCUT2D eigenvalue weighted by molar-refractivity contribution is 6.02. The van der Waals surface area contributed by atoms with Gasteiger partial charge in [-0.2, -0.15) is 0 Å². The summed E-state index contributed by atoms with van der Waals surface area (Å²) < 4.78 is 10.2. The molecule has 2 atom stereocenters. The number of carbonyl (C=O) groups excluding carboxylic acids is 4. The molecule has 0 aliphatic rings. The van der Waals surface area contributed by atoms with E-state index in [0.717, 1.165) is 0 Å². The number of esters is 2. The number of Topliss-reactive ketones (excluding diaryl/α,β-unsaturated/α-hetero) is 2. The number of hydrogen-bond acceptors (Lipinski definition) is 6. The maximum absolute atomic E-state index is 12.2. The van der Waals surface area contributed by atoms with E-state index in [0.29, 0.717) is 11.1 Å². The summed E-state index contributed by atoms with van der Waals surface area (Å²) in [7, 11) is 0. The third kappa shape index (κ3) is 6.24. The molecule has 0 fully saturated rings. The summed E-state index contributed by atoms with van der Waals surface area (Å²) in [5.41, 5.74) is 0.660. The van der Waals surface area contributed by atoms with Crippen molar-refractivity contribution in [1.82, 2.24) is 0 Å². The van der Waals surface area contributed by atoms with Gasteiger partial charge >= 0.3 is 11.9 Å². The largest absolute Gasteiger partial charge is 0.454 e. The van der Waals surface area contributed by atoms with Crippen molar-refractivity contribution >= 4 is 23.5 Å². The number of carbonyl (C=O) groups is 4. The fourth-order valence-electron chi connectivity index (χ4n) is 2.51. The molecule has 0 N–H and O–H groups in total. The minimum Gasteiger partial charge on any atom is -0.454 e. The summed E-state index contributed by atoms with van der Waals surface area (Å²) in [5, 5.41) is 0. The second-order valence-electron chi connectivity index (χ2n) is 6.42. The van der Waals surface area contributed by atoms with Crippen molar-refractivity contribution in [1.29, 1.82) is 0 Å². The number of hydrogen-bond donors (Lipinski definition) is 0. The van der Waals surface area contributed by atoms with E-state index in [1.54, 1.807) is 60.7 Å². The van der Waals surface area contributed by atoms with Gasteiger partial charge in [0.15, 0.2) is 12.2 Å². The third-order valence-corrected chi connectivity index (χ3v) is 4.09. The van der Waals surface area contributed by atoms with Crippen molar-refractivity contribution in [3.05, 3.63) is 83.9 Å². The van der Waals surface area contributed by atoms with Crippen molar-refractivity contribution in [2.45, 2.75) is 32.5 Å². The van der Waals surface area contributed by atoms with Gasteiger partial charge in [0, 0.05) is 16.7 Å². The molecule has 29 heavy (non-hydrogen) atoms. The van der Waals surface area contributed by atoms with Crippen LogP contribution in [-0.4, -0.2) is 35.7 Å². The number of ether oxygens (including phenoxy) is 2. The minimum absolute atomic E-state index is 0.165. The zero-order valence-electron chi connectivity index (χ0n) is 16.3. The van der Waals surface area contributed by atoms with Crippen molar-refractivity contribution in [3.63, 3.8) is 0 Å². The van der Waals surface area contributed by atoms with E-state index in [4.69, 9.17) is 9.47 Å². The Bertz CT molecular complexity index is 901. The summed E-state index contributed by atoms with van der Waals surface area (Å²) in [6, 6.07) is 16.8. The van der Waals surface area contributed by atoms with Gasteiger partial charge in [0.05, 0.1) is 6.42 Å². The van der Waals surface area contributed by atoms with E-state index >= 15 is 0 Å². The topological polar surface area (TPSA) is 86.7 Å². The zero-order valence-corrected chi connectivity index (χ0v) is 16.3. The molecule has 0 saturated heterocycles. The van der Waals surface area contributed by atoms with Crippen LogP contribution in [0.2, 0.25) is 0 Å². The van der Waals surface area contributed by atoms with Gasteiger partial charge in [-0.1, -0.05) is 67.2 Å². The summed E-state index contributed by atoms with van der Waals surface area (Å²) in [6.07, 6.45) is -2.49. The Morgan fingerprint density at radius 3 is 1.62 bits per heavy atom. The average molecular weight is 394 g/mol. The molecular weight excluding hydrogens is 372 g/mol. The number of benzene rings is 2. The highest BCUT2D eigenvalue weighted by Gasteiger charge is 2.24. The van der Waals surface area contributed by atoms with E-state index in [2.05, 4.69) is 6.58 Å². The molecule has 0 heterocycles. The molecule has 6 nitrogen and oxygen atoms in total. The average Bonchev–Trinajstić information content (AvgIpc) is 2.73. The second-order valence-corrected chi connectivity index (χ2v) is 6.42. The predicted octanol–water partition coefficient (Wildman–Crippen LogP) is 3.56. The molecule has 0 radical (unpaired) electrons. The summed E-state index contributed by atoms with van der Waals surface area (Å²) >= 11 is 0. The van der Waals surface area contributed by atoms with Crippen LogP contribution in [0.25, 0.3) is 0 Å². The maximum atomic E-state index is 12.2. The molecule has 150 valence electrons. The van der Waals surface area contributed by atoms with E-state index < -0.39 is 30.6 Å². The zero-order chi connectivity index (χ0) is 21.4.